The van der Waals surface area contributed by atoms with Crippen LogP contribution in [0.4, 0.5) is 0 Å². The van der Waals surface area contributed by atoms with E-state index in [9.17, 15) is 9.90 Å². The first-order valence-electron chi connectivity index (χ1n) is 4.48. The van der Waals surface area contributed by atoms with Crippen molar-refractivity contribution < 1.29 is 9.90 Å². The van der Waals surface area contributed by atoms with Gasteiger partial charge in [0.2, 0.25) is 0 Å². The normalized spacial score (nSPS) is 10.6. The first-order valence-corrected chi connectivity index (χ1v) is 5.60. The smallest absolute Gasteiger partial charge is 0.177 e. The van der Waals surface area contributed by atoms with E-state index in [1.165, 1.54) is 0 Å². The third-order valence-electron chi connectivity index (χ3n) is 2.11. The van der Waals surface area contributed by atoms with Crippen LogP contribution in [0.3, 0.4) is 0 Å². The summed E-state index contributed by atoms with van der Waals surface area (Å²) in [5.41, 5.74) is 1.46. The second kappa shape index (κ2) is 4.60. The van der Waals surface area contributed by atoms with Gasteiger partial charge in [-0.3, -0.25) is 4.79 Å². The lowest BCUT2D eigenvalue weighted by molar-refractivity contribution is 0.102. The monoisotopic (exact) mass is 256 g/mol. The van der Waals surface area contributed by atoms with E-state index in [1.807, 2.05) is 6.07 Å². The fraction of sp³-hybridized carbons (Fsp3) is 0.364. The van der Waals surface area contributed by atoms with E-state index in [4.69, 9.17) is 0 Å². The molecule has 0 amide bonds. The van der Waals surface area contributed by atoms with Crippen molar-refractivity contribution in [1.29, 1.82) is 0 Å². The number of carbonyl (C=O) groups is 1. The summed E-state index contributed by atoms with van der Waals surface area (Å²) in [4.78, 5) is 11.4. The Morgan fingerprint density at radius 1 is 1.50 bits per heavy atom. The van der Waals surface area contributed by atoms with Crippen LogP contribution in [0.5, 0.6) is 5.75 Å². The number of phenolic OH excluding ortho intramolecular Hbond substituents is 1. The van der Waals surface area contributed by atoms with Crippen LogP contribution in [-0.2, 0) is 0 Å². The maximum Gasteiger partial charge on any atom is 0.177 e. The van der Waals surface area contributed by atoms with Gasteiger partial charge in [0.1, 0.15) is 5.75 Å². The minimum absolute atomic E-state index is 0.0545. The van der Waals surface area contributed by atoms with Crippen LogP contribution in [0.1, 0.15) is 35.7 Å². The quantitative estimate of drug-likeness (QED) is 0.667. The average Bonchev–Trinajstić information content (AvgIpc) is 2.17. The van der Waals surface area contributed by atoms with Crippen molar-refractivity contribution in [3.8, 4) is 5.75 Å². The molecule has 0 aromatic heterocycles. The Hall–Kier alpha value is -0.830. The largest absolute Gasteiger partial charge is 0.507 e. The summed E-state index contributed by atoms with van der Waals surface area (Å²) in [6.07, 6.45) is 0. The molecule has 2 nitrogen and oxygen atoms in total. The number of alkyl halides is 1. The Labute approximate surface area is 92.1 Å². The predicted molar refractivity (Wildman–Crippen MR) is 60.3 cm³/mol. The molecule has 3 heteroatoms. The lowest BCUT2D eigenvalue weighted by Gasteiger charge is -2.08. The van der Waals surface area contributed by atoms with Crippen molar-refractivity contribution in [1.82, 2.24) is 0 Å². The van der Waals surface area contributed by atoms with Crippen molar-refractivity contribution >= 4 is 21.7 Å². The Bertz CT molecular complexity index is 345. The van der Waals surface area contributed by atoms with Crippen LogP contribution in [0.2, 0.25) is 0 Å². The number of phenols is 1. The second-order valence-electron chi connectivity index (χ2n) is 3.49. The molecule has 0 unspecified atom stereocenters. The van der Waals surface area contributed by atoms with E-state index < -0.39 is 0 Å². The van der Waals surface area contributed by atoms with Gasteiger partial charge in [-0.2, -0.15) is 0 Å². The number of carbonyl (C=O) groups excluding carboxylic acids is 1. The fourth-order valence-electron chi connectivity index (χ4n) is 1.21. The number of halogens is 1. The third-order valence-corrected chi connectivity index (χ3v) is 2.62. The minimum Gasteiger partial charge on any atom is -0.507 e. The van der Waals surface area contributed by atoms with E-state index in [0.29, 0.717) is 11.5 Å². The highest BCUT2D eigenvalue weighted by atomic mass is 79.9. The zero-order valence-corrected chi connectivity index (χ0v) is 9.84. The van der Waals surface area contributed by atoms with Crippen LogP contribution < -0.4 is 0 Å². The van der Waals surface area contributed by atoms with E-state index in [1.54, 1.807) is 12.1 Å². The lowest BCUT2D eigenvalue weighted by atomic mass is 9.99. The summed E-state index contributed by atoms with van der Waals surface area (Å²) in [5.74, 6) is 0.321. The van der Waals surface area contributed by atoms with Gasteiger partial charge in [0, 0.05) is 0 Å². The van der Waals surface area contributed by atoms with Gasteiger partial charge in [0.15, 0.2) is 5.78 Å². The number of hydrogen-bond donors (Lipinski definition) is 1. The Kier molecular flexibility index (Phi) is 3.69. The zero-order chi connectivity index (χ0) is 10.7. The summed E-state index contributed by atoms with van der Waals surface area (Å²) in [7, 11) is 0. The molecular formula is C11H13BrO2. The molecule has 1 rings (SSSR count). The predicted octanol–water partition coefficient (Wildman–Crippen LogP) is 3.09. The molecule has 76 valence electrons. The number of benzene rings is 1. The number of hydrogen-bond acceptors (Lipinski definition) is 2. The van der Waals surface area contributed by atoms with Crippen molar-refractivity contribution in [2.75, 3.05) is 5.33 Å². The topological polar surface area (TPSA) is 37.3 Å². The molecule has 0 radical (unpaired) electrons. The summed E-state index contributed by atoms with van der Waals surface area (Å²) in [6.45, 7) is 4.10. The molecular weight excluding hydrogens is 244 g/mol. The van der Waals surface area contributed by atoms with Crippen molar-refractivity contribution in [2.24, 2.45) is 0 Å². The standard InChI is InChI=1S/C11H13BrO2/c1-7(2)8-3-4-10(13)9(5-8)11(14)6-12/h3-5,7,13H,6H2,1-2H3. The summed E-state index contributed by atoms with van der Waals surface area (Å²) in [5, 5.41) is 9.71. The van der Waals surface area contributed by atoms with Gasteiger partial charge in [-0.25, -0.2) is 0 Å². The van der Waals surface area contributed by atoms with Crippen LogP contribution >= 0.6 is 15.9 Å². The zero-order valence-electron chi connectivity index (χ0n) is 8.25. The average molecular weight is 257 g/mol. The molecule has 1 aromatic rings. The Morgan fingerprint density at radius 2 is 2.14 bits per heavy atom. The number of aromatic hydroxyl groups is 1. The SMILES string of the molecule is CC(C)c1ccc(O)c(C(=O)CBr)c1. The number of ketones is 1. The highest BCUT2D eigenvalue weighted by molar-refractivity contribution is 9.09. The third kappa shape index (κ3) is 2.35. The van der Waals surface area contributed by atoms with Gasteiger partial charge in [0.05, 0.1) is 10.9 Å². The summed E-state index contributed by atoms with van der Waals surface area (Å²) >= 11 is 3.09. The lowest BCUT2D eigenvalue weighted by Crippen LogP contribution is -2.01. The molecule has 0 bridgehead atoms. The van der Waals surface area contributed by atoms with Crippen molar-refractivity contribution in [3.05, 3.63) is 29.3 Å². The van der Waals surface area contributed by atoms with E-state index in [2.05, 4.69) is 29.8 Å². The van der Waals surface area contributed by atoms with Crippen molar-refractivity contribution in [2.45, 2.75) is 19.8 Å². The minimum atomic E-state index is -0.0926. The van der Waals surface area contributed by atoms with Gasteiger partial charge < -0.3 is 5.11 Å². The highest BCUT2D eigenvalue weighted by Crippen LogP contribution is 2.23. The second-order valence-corrected chi connectivity index (χ2v) is 4.05. The molecule has 1 N–H and O–H groups in total. The maximum atomic E-state index is 11.4. The molecule has 0 heterocycles. The Balaban J connectivity index is 3.15. The van der Waals surface area contributed by atoms with Gasteiger partial charge in [-0.1, -0.05) is 35.8 Å². The van der Waals surface area contributed by atoms with Crippen LogP contribution in [0, 0.1) is 0 Å². The molecule has 1 aromatic carbocycles. The van der Waals surface area contributed by atoms with Crippen LogP contribution in [-0.4, -0.2) is 16.2 Å². The molecule has 0 aliphatic carbocycles. The number of rotatable bonds is 3. The first kappa shape index (κ1) is 11.2. The van der Waals surface area contributed by atoms with Gasteiger partial charge in [0.25, 0.3) is 0 Å². The van der Waals surface area contributed by atoms with Crippen molar-refractivity contribution in [3.63, 3.8) is 0 Å². The Morgan fingerprint density at radius 3 is 2.64 bits per heavy atom. The molecule has 0 aliphatic heterocycles. The van der Waals surface area contributed by atoms with Gasteiger partial charge >= 0.3 is 0 Å². The molecule has 0 atom stereocenters. The molecule has 0 aliphatic rings. The van der Waals surface area contributed by atoms with E-state index >= 15 is 0 Å². The molecule has 0 fully saturated rings. The number of Topliss-reactive ketones (excluding diaryl/α,β-unsaturated/α-hetero) is 1. The summed E-state index contributed by atoms with van der Waals surface area (Å²) in [6, 6.07) is 5.17. The van der Waals surface area contributed by atoms with Gasteiger partial charge in [-0.05, 0) is 23.6 Å². The molecule has 0 saturated heterocycles. The van der Waals surface area contributed by atoms with Crippen LogP contribution in [0.15, 0.2) is 18.2 Å². The molecule has 0 spiro atoms. The first-order chi connectivity index (χ1) is 6.56. The molecule has 14 heavy (non-hydrogen) atoms. The van der Waals surface area contributed by atoms with E-state index in [0.717, 1.165) is 5.56 Å². The van der Waals surface area contributed by atoms with Crippen LogP contribution in [0.25, 0.3) is 0 Å². The van der Waals surface area contributed by atoms with Gasteiger partial charge in [-0.15, -0.1) is 0 Å². The summed E-state index contributed by atoms with van der Waals surface area (Å²) < 4.78 is 0. The maximum absolute atomic E-state index is 11.4. The fourth-order valence-corrected chi connectivity index (χ4v) is 1.51. The van der Waals surface area contributed by atoms with E-state index in [-0.39, 0.29) is 16.9 Å². The molecule has 0 saturated carbocycles. The highest BCUT2D eigenvalue weighted by Gasteiger charge is 2.11.